The Labute approximate surface area is 96.6 Å². The smallest absolute Gasteiger partial charge is 0.288 e. The zero-order valence-electron chi connectivity index (χ0n) is 10.4. The minimum Gasteiger partial charge on any atom is -0.503 e. The second-order valence-electron chi connectivity index (χ2n) is 3.63. The van der Waals surface area contributed by atoms with Crippen LogP contribution in [0.2, 0.25) is 0 Å². The van der Waals surface area contributed by atoms with E-state index in [0.29, 0.717) is 18.8 Å². The fraction of sp³-hybridized carbons (Fsp3) is 0.545. The molecule has 0 fully saturated rings. The predicted octanol–water partition coefficient (Wildman–Crippen LogP) is 0.608. The lowest BCUT2D eigenvalue weighted by Crippen LogP contribution is -2.25. The Balaban J connectivity index is 4.40. The number of likely N-dealkylation sites (N-methyl/N-ethyl adjacent to an activating group) is 2. The van der Waals surface area contributed by atoms with Crippen molar-refractivity contribution in [3.05, 3.63) is 24.1 Å². The standard InChI is InChI=1S/C11H20N2O3/c1-9(13(4)6-7-16-5)8-10(14)11(15)12(2)3/h8,14H,1,6-7H2,2-5H3/b10-8-. The summed E-state index contributed by atoms with van der Waals surface area (Å²) in [4.78, 5) is 14.4. The molecule has 0 unspecified atom stereocenters. The lowest BCUT2D eigenvalue weighted by Gasteiger charge is -2.19. The molecule has 0 radical (unpaired) electrons. The molecule has 0 atom stereocenters. The van der Waals surface area contributed by atoms with E-state index in [1.54, 1.807) is 26.1 Å². The topological polar surface area (TPSA) is 53.0 Å². The van der Waals surface area contributed by atoms with Crippen molar-refractivity contribution in [2.24, 2.45) is 0 Å². The number of ether oxygens (including phenoxy) is 1. The van der Waals surface area contributed by atoms with Gasteiger partial charge in [0.25, 0.3) is 5.91 Å². The van der Waals surface area contributed by atoms with E-state index in [9.17, 15) is 9.90 Å². The van der Waals surface area contributed by atoms with Gasteiger partial charge in [-0.2, -0.15) is 0 Å². The van der Waals surface area contributed by atoms with Crippen LogP contribution in [0, 0.1) is 0 Å². The van der Waals surface area contributed by atoms with E-state index in [1.807, 2.05) is 7.05 Å². The van der Waals surface area contributed by atoms with E-state index in [-0.39, 0.29) is 5.76 Å². The average molecular weight is 228 g/mol. The number of amides is 1. The molecular weight excluding hydrogens is 208 g/mol. The van der Waals surface area contributed by atoms with Gasteiger partial charge < -0.3 is 19.6 Å². The number of rotatable bonds is 6. The van der Waals surface area contributed by atoms with E-state index in [2.05, 4.69) is 6.58 Å². The third-order valence-corrected chi connectivity index (χ3v) is 2.05. The third-order valence-electron chi connectivity index (χ3n) is 2.05. The van der Waals surface area contributed by atoms with Crippen LogP contribution in [0.15, 0.2) is 24.1 Å². The van der Waals surface area contributed by atoms with Crippen molar-refractivity contribution in [1.29, 1.82) is 0 Å². The molecule has 0 saturated heterocycles. The van der Waals surface area contributed by atoms with Gasteiger partial charge in [0.05, 0.1) is 6.61 Å². The summed E-state index contributed by atoms with van der Waals surface area (Å²) in [6.45, 7) is 4.96. The van der Waals surface area contributed by atoms with E-state index in [1.165, 1.54) is 11.0 Å². The normalized spacial score (nSPS) is 11.1. The van der Waals surface area contributed by atoms with Crippen molar-refractivity contribution < 1.29 is 14.6 Å². The molecule has 0 aliphatic heterocycles. The van der Waals surface area contributed by atoms with Crippen molar-refractivity contribution in [3.63, 3.8) is 0 Å². The summed E-state index contributed by atoms with van der Waals surface area (Å²) in [7, 11) is 6.57. The molecule has 5 heteroatoms. The summed E-state index contributed by atoms with van der Waals surface area (Å²) >= 11 is 0. The minimum absolute atomic E-state index is 0.320. The molecule has 0 aliphatic carbocycles. The molecule has 0 saturated carbocycles. The Bertz CT molecular complexity index is 285. The second-order valence-corrected chi connectivity index (χ2v) is 3.63. The Morgan fingerprint density at radius 1 is 1.44 bits per heavy atom. The molecule has 0 bridgehead atoms. The molecular formula is C11H20N2O3. The first-order valence-electron chi connectivity index (χ1n) is 4.91. The molecule has 92 valence electrons. The first-order valence-corrected chi connectivity index (χ1v) is 4.91. The second kappa shape index (κ2) is 6.90. The van der Waals surface area contributed by atoms with E-state index in [0.717, 1.165) is 0 Å². The maximum Gasteiger partial charge on any atom is 0.288 e. The third kappa shape index (κ3) is 4.84. The number of aliphatic hydroxyl groups is 1. The molecule has 0 aromatic rings. The van der Waals surface area contributed by atoms with Gasteiger partial charge in [0, 0.05) is 46.6 Å². The van der Waals surface area contributed by atoms with E-state index < -0.39 is 5.91 Å². The van der Waals surface area contributed by atoms with Crippen LogP contribution in [0.3, 0.4) is 0 Å². The molecule has 16 heavy (non-hydrogen) atoms. The van der Waals surface area contributed by atoms with Crippen LogP contribution in [0.25, 0.3) is 0 Å². The van der Waals surface area contributed by atoms with Gasteiger partial charge in [-0.25, -0.2) is 0 Å². The van der Waals surface area contributed by atoms with Crippen LogP contribution in [0.5, 0.6) is 0 Å². The average Bonchev–Trinajstić information content (AvgIpc) is 2.24. The Kier molecular flexibility index (Phi) is 6.25. The lowest BCUT2D eigenvalue weighted by atomic mass is 10.3. The highest BCUT2D eigenvalue weighted by Crippen LogP contribution is 2.04. The molecule has 0 rings (SSSR count). The molecule has 0 aliphatic rings. The van der Waals surface area contributed by atoms with Crippen molar-refractivity contribution in [2.75, 3.05) is 41.4 Å². The van der Waals surface area contributed by atoms with Gasteiger partial charge in [0.15, 0.2) is 5.76 Å². The van der Waals surface area contributed by atoms with Gasteiger partial charge >= 0.3 is 0 Å². The number of allylic oxidation sites excluding steroid dienone is 1. The highest BCUT2D eigenvalue weighted by atomic mass is 16.5. The van der Waals surface area contributed by atoms with Crippen LogP contribution >= 0.6 is 0 Å². The van der Waals surface area contributed by atoms with Gasteiger partial charge in [0.2, 0.25) is 0 Å². The predicted molar refractivity (Wildman–Crippen MR) is 63.1 cm³/mol. The van der Waals surface area contributed by atoms with Crippen molar-refractivity contribution in [3.8, 4) is 0 Å². The van der Waals surface area contributed by atoms with Crippen LogP contribution in [-0.4, -0.2) is 62.2 Å². The largest absolute Gasteiger partial charge is 0.503 e. The first kappa shape index (κ1) is 14.5. The zero-order valence-corrected chi connectivity index (χ0v) is 10.4. The summed E-state index contributed by atoms with van der Waals surface area (Å²) in [5.41, 5.74) is 0.560. The van der Waals surface area contributed by atoms with Gasteiger partial charge in [-0.15, -0.1) is 0 Å². The fourth-order valence-electron chi connectivity index (χ4n) is 0.931. The molecule has 5 nitrogen and oxygen atoms in total. The molecule has 0 aromatic heterocycles. The van der Waals surface area contributed by atoms with E-state index >= 15 is 0 Å². The highest BCUT2D eigenvalue weighted by Gasteiger charge is 2.10. The number of aliphatic hydroxyl groups excluding tert-OH is 1. The van der Waals surface area contributed by atoms with Crippen LogP contribution in [-0.2, 0) is 9.53 Å². The van der Waals surface area contributed by atoms with E-state index in [4.69, 9.17) is 4.74 Å². The summed E-state index contributed by atoms with van der Waals surface area (Å²) in [5, 5.41) is 9.48. The first-order chi connectivity index (χ1) is 7.40. The minimum atomic E-state index is -0.443. The monoisotopic (exact) mass is 228 g/mol. The molecule has 0 spiro atoms. The number of hydrogen-bond acceptors (Lipinski definition) is 4. The number of hydrogen-bond donors (Lipinski definition) is 1. The van der Waals surface area contributed by atoms with Crippen LogP contribution in [0.1, 0.15) is 0 Å². The zero-order chi connectivity index (χ0) is 12.7. The highest BCUT2D eigenvalue weighted by molar-refractivity contribution is 5.91. The van der Waals surface area contributed by atoms with Crippen molar-refractivity contribution in [1.82, 2.24) is 9.80 Å². The van der Waals surface area contributed by atoms with Gasteiger partial charge in [-0.1, -0.05) is 6.58 Å². The SMILES string of the molecule is C=C(/C=C(\O)C(=O)N(C)C)N(C)CCOC. The fourth-order valence-corrected chi connectivity index (χ4v) is 0.931. The quantitative estimate of drug-likeness (QED) is 0.411. The summed E-state index contributed by atoms with van der Waals surface area (Å²) in [5.74, 6) is -0.763. The molecule has 1 amide bonds. The maximum atomic E-state index is 11.3. The Morgan fingerprint density at radius 3 is 2.44 bits per heavy atom. The van der Waals surface area contributed by atoms with Gasteiger partial charge in [0.1, 0.15) is 0 Å². The number of carbonyl (C=O) groups excluding carboxylic acids is 1. The number of methoxy groups -OCH3 is 1. The number of carbonyl (C=O) groups is 1. The van der Waals surface area contributed by atoms with Crippen LogP contribution in [0.4, 0.5) is 0 Å². The van der Waals surface area contributed by atoms with Crippen LogP contribution < -0.4 is 0 Å². The maximum absolute atomic E-state index is 11.3. The lowest BCUT2D eigenvalue weighted by molar-refractivity contribution is -0.127. The van der Waals surface area contributed by atoms with Gasteiger partial charge in [-0.05, 0) is 0 Å². The van der Waals surface area contributed by atoms with Crippen molar-refractivity contribution in [2.45, 2.75) is 0 Å². The Morgan fingerprint density at radius 2 is 2.00 bits per heavy atom. The summed E-state index contributed by atoms with van der Waals surface area (Å²) < 4.78 is 4.91. The molecule has 0 heterocycles. The Hall–Kier alpha value is -1.49. The summed E-state index contributed by atoms with van der Waals surface area (Å²) in [6.07, 6.45) is 1.35. The van der Waals surface area contributed by atoms with Gasteiger partial charge in [-0.3, -0.25) is 4.79 Å². The molecule has 0 aromatic carbocycles. The van der Waals surface area contributed by atoms with Crippen molar-refractivity contribution >= 4 is 5.91 Å². The summed E-state index contributed by atoms with van der Waals surface area (Å²) in [6, 6.07) is 0. The molecule has 1 N–H and O–H groups in total. The number of nitrogens with zero attached hydrogens (tertiary/aromatic N) is 2.